The molecule has 3 nitrogen and oxygen atoms in total. The van der Waals surface area contributed by atoms with Crippen LogP contribution in [-0.2, 0) is 11.3 Å². The highest BCUT2D eigenvalue weighted by molar-refractivity contribution is 7.99. The van der Waals surface area contributed by atoms with Crippen molar-refractivity contribution in [2.24, 2.45) is 0 Å². The number of rotatable bonds is 4. The Bertz CT molecular complexity index is 422. The molecule has 2 rings (SSSR count). The molecular weight excluding hydrogens is 246 g/mol. The van der Waals surface area contributed by atoms with Crippen LogP contribution in [0.5, 0.6) is 0 Å². The molecule has 1 saturated heterocycles. The van der Waals surface area contributed by atoms with Gasteiger partial charge in [0, 0.05) is 37.2 Å². The van der Waals surface area contributed by atoms with Gasteiger partial charge in [0.15, 0.2) is 0 Å². The van der Waals surface area contributed by atoms with Gasteiger partial charge >= 0.3 is 5.97 Å². The first-order valence-electron chi connectivity index (χ1n) is 6.04. The minimum Gasteiger partial charge on any atom is -0.478 e. The molecule has 1 heterocycles. The highest BCUT2D eigenvalue weighted by atomic mass is 32.2. The van der Waals surface area contributed by atoms with E-state index in [0.29, 0.717) is 0 Å². The third-order valence-electron chi connectivity index (χ3n) is 2.91. The second kappa shape index (κ2) is 6.61. The molecule has 0 atom stereocenters. The van der Waals surface area contributed by atoms with Gasteiger partial charge < -0.3 is 5.11 Å². The van der Waals surface area contributed by atoms with Crippen LogP contribution >= 0.6 is 11.8 Å². The molecule has 1 fully saturated rings. The molecule has 0 amide bonds. The number of hydrogen-bond donors (Lipinski definition) is 1. The second-order valence-corrected chi connectivity index (χ2v) is 5.53. The van der Waals surface area contributed by atoms with Crippen LogP contribution in [0.4, 0.5) is 0 Å². The van der Waals surface area contributed by atoms with Gasteiger partial charge in [-0.3, -0.25) is 4.90 Å². The van der Waals surface area contributed by atoms with Gasteiger partial charge in [0.05, 0.1) is 0 Å². The van der Waals surface area contributed by atoms with Crippen LogP contribution in [-0.4, -0.2) is 40.6 Å². The summed E-state index contributed by atoms with van der Waals surface area (Å²) in [6.45, 7) is 3.31. The number of nitrogens with zero attached hydrogens (tertiary/aromatic N) is 1. The van der Waals surface area contributed by atoms with Gasteiger partial charge in [0.2, 0.25) is 0 Å². The number of carboxylic acids is 1. The molecule has 0 aliphatic carbocycles. The van der Waals surface area contributed by atoms with Crippen LogP contribution in [0.1, 0.15) is 11.1 Å². The molecule has 0 aromatic heterocycles. The normalized spacial score (nSPS) is 17.1. The van der Waals surface area contributed by atoms with Crippen LogP contribution < -0.4 is 0 Å². The molecule has 0 saturated carbocycles. The maximum atomic E-state index is 10.4. The fourth-order valence-electron chi connectivity index (χ4n) is 1.92. The van der Waals surface area contributed by atoms with Gasteiger partial charge in [-0.1, -0.05) is 24.3 Å². The van der Waals surface area contributed by atoms with Crippen LogP contribution in [0.15, 0.2) is 30.3 Å². The molecule has 0 bridgehead atoms. The number of carbonyl (C=O) groups is 1. The summed E-state index contributed by atoms with van der Waals surface area (Å²) in [6.07, 6.45) is 2.78. The zero-order valence-electron chi connectivity index (χ0n) is 10.2. The van der Waals surface area contributed by atoms with E-state index in [0.717, 1.165) is 31.3 Å². The molecule has 0 unspecified atom stereocenters. The number of hydrogen-bond acceptors (Lipinski definition) is 3. The zero-order chi connectivity index (χ0) is 12.8. The molecule has 96 valence electrons. The largest absolute Gasteiger partial charge is 0.478 e. The molecule has 4 heteroatoms. The van der Waals surface area contributed by atoms with Crippen LogP contribution in [0, 0.1) is 0 Å². The first-order valence-corrected chi connectivity index (χ1v) is 7.19. The second-order valence-electron chi connectivity index (χ2n) is 4.30. The minimum atomic E-state index is -0.912. The van der Waals surface area contributed by atoms with Crippen LogP contribution in [0.25, 0.3) is 6.08 Å². The molecule has 1 aromatic rings. The van der Waals surface area contributed by atoms with Gasteiger partial charge in [0.1, 0.15) is 0 Å². The Kier molecular flexibility index (Phi) is 4.84. The van der Waals surface area contributed by atoms with Crippen molar-refractivity contribution in [2.75, 3.05) is 24.6 Å². The van der Waals surface area contributed by atoms with E-state index in [-0.39, 0.29) is 0 Å². The Labute approximate surface area is 111 Å². The fourth-order valence-corrected chi connectivity index (χ4v) is 2.90. The van der Waals surface area contributed by atoms with Crippen LogP contribution in [0.2, 0.25) is 0 Å². The van der Waals surface area contributed by atoms with Crippen molar-refractivity contribution in [3.63, 3.8) is 0 Å². The molecule has 18 heavy (non-hydrogen) atoms. The fraction of sp³-hybridized carbons (Fsp3) is 0.357. The van der Waals surface area contributed by atoms with Crippen molar-refractivity contribution in [3.05, 3.63) is 41.5 Å². The van der Waals surface area contributed by atoms with Gasteiger partial charge in [-0.2, -0.15) is 11.8 Å². The Morgan fingerprint density at radius 1 is 1.28 bits per heavy atom. The average molecular weight is 263 g/mol. The molecule has 1 aliphatic rings. The summed E-state index contributed by atoms with van der Waals surface area (Å²) in [6, 6.07) is 8.08. The predicted octanol–water partition coefficient (Wildman–Crippen LogP) is 2.33. The number of thioether (sulfide) groups is 1. The van der Waals surface area contributed by atoms with E-state index in [1.807, 2.05) is 23.9 Å². The van der Waals surface area contributed by atoms with Crippen molar-refractivity contribution in [3.8, 4) is 0 Å². The van der Waals surface area contributed by atoms with Crippen LogP contribution in [0.3, 0.4) is 0 Å². The van der Waals surface area contributed by atoms with E-state index < -0.39 is 5.97 Å². The molecule has 0 spiro atoms. The Balaban J connectivity index is 1.92. The third kappa shape index (κ3) is 4.20. The van der Waals surface area contributed by atoms with E-state index >= 15 is 0 Å². The molecule has 1 aromatic carbocycles. The maximum absolute atomic E-state index is 10.4. The lowest BCUT2D eigenvalue weighted by molar-refractivity contribution is -0.131. The predicted molar refractivity (Wildman–Crippen MR) is 75.7 cm³/mol. The summed E-state index contributed by atoms with van der Waals surface area (Å²) < 4.78 is 0. The summed E-state index contributed by atoms with van der Waals surface area (Å²) in [7, 11) is 0. The van der Waals surface area contributed by atoms with Crippen molar-refractivity contribution >= 4 is 23.8 Å². The van der Waals surface area contributed by atoms with Crippen molar-refractivity contribution < 1.29 is 9.90 Å². The lowest BCUT2D eigenvalue weighted by Gasteiger charge is -2.26. The lowest BCUT2D eigenvalue weighted by atomic mass is 10.1. The van der Waals surface area contributed by atoms with Gasteiger partial charge in [-0.05, 0) is 17.2 Å². The topological polar surface area (TPSA) is 40.5 Å². The van der Waals surface area contributed by atoms with E-state index in [1.165, 1.54) is 17.1 Å². The molecule has 1 aliphatic heterocycles. The zero-order valence-corrected chi connectivity index (χ0v) is 11.0. The molecular formula is C14H17NO2S. The maximum Gasteiger partial charge on any atom is 0.328 e. The average Bonchev–Trinajstić information content (AvgIpc) is 2.39. The summed E-state index contributed by atoms with van der Waals surface area (Å²) in [5, 5.41) is 8.55. The van der Waals surface area contributed by atoms with Crippen molar-refractivity contribution in [1.29, 1.82) is 0 Å². The monoisotopic (exact) mass is 263 g/mol. The van der Waals surface area contributed by atoms with E-state index in [9.17, 15) is 4.79 Å². The number of aliphatic carboxylic acids is 1. The third-order valence-corrected chi connectivity index (χ3v) is 3.85. The van der Waals surface area contributed by atoms with E-state index in [4.69, 9.17) is 5.11 Å². The summed E-state index contributed by atoms with van der Waals surface area (Å²) >= 11 is 2.01. The van der Waals surface area contributed by atoms with Crippen molar-refractivity contribution in [1.82, 2.24) is 4.90 Å². The minimum absolute atomic E-state index is 0.912. The van der Waals surface area contributed by atoms with Gasteiger partial charge in [-0.25, -0.2) is 4.79 Å². The summed E-state index contributed by atoms with van der Waals surface area (Å²) in [5.41, 5.74) is 2.21. The highest BCUT2D eigenvalue weighted by Gasteiger charge is 2.10. The first kappa shape index (κ1) is 13.2. The molecule has 1 N–H and O–H groups in total. The lowest BCUT2D eigenvalue weighted by Crippen LogP contribution is -2.31. The number of carboxylic acid groups (broad SMARTS) is 1. The number of benzene rings is 1. The standard InChI is InChI=1S/C14H17NO2S/c16-14(17)6-5-12-1-3-13(4-2-12)11-15-7-9-18-10-8-15/h1-6H,7-11H2,(H,16,17). The first-order chi connectivity index (χ1) is 8.74. The van der Waals surface area contributed by atoms with E-state index in [2.05, 4.69) is 17.0 Å². The van der Waals surface area contributed by atoms with Gasteiger partial charge in [-0.15, -0.1) is 0 Å². The SMILES string of the molecule is O=C(O)C=Cc1ccc(CN2CCSCC2)cc1. The Hall–Kier alpha value is -1.26. The van der Waals surface area contributed by atoms with Crippen molar-refractivity contribution in [2.45, 2.75) is 6.54 Å². The summed E-state index contributed by atoms with van der Waals surface area (Å²) in [5.74, 6) is 1.53. The summed E-state index contributed by atoms with van der Waals surface area (Å²) in [4.78, 5) is 12.9. The Morgan fingerprint density at radius 2 is 1.94 bits per heavy atom. The highest BCUT2D eigenvalue weighted by Crippen LogP contribution is 2.13. The van der Waals surface area contributed by atoms with E-state index in [1.54, 1.807) is 6.08 Å². The molecule has 0 radical (unpaired) electrons. The Morgan fingerprint density at radius 3 is 2.56 bits per heavy atom. The smallest absolute Gasteiger partial charge is 0.328 e. The quantitative estimate of drug-likeness (QED) is 0.846. The van der Waals surface area contributed by atoms with Gasteiger partial charge in [0.25, 0.3) is 0 Å².